The number of hydrogen-bond acceptors (Lipinski definition) is 8. The number of carboxylic acid groups (broad SMARTS) is 1. The van der Waals surface area contributed by atoms with Gasteiger partial charge in [-0.15, -0.1) is 0 Å². The third-order valence-corrected chi connectivity index (χ3v) is 8.31. The van der Waals surface area contributed by atoms with Crippen LogP contribution in [-0.4, -0.2) is 60.1 Å². The number of ether oxygens (including phenoxy) is 3. The highest BCUT2D eigenvalue weighted by Gasteiger charge is 2.25. The van der Waals surface area contributed by atoms with Crippen molar-refractivity contribution in [2.24, 2.45) is 0 Å². The highest BCUT2D eigenvalue weighted by atomic mass is 16.5. The first-order chi connectivity index (χ1) is 26.1. The highest BCUT2D eigenvalue weighted by molar-refractivity contribution is 5.99. The lowest BCUT2D eigenvalue weighted by Gasteiger charge is -2.20. The van der Waals surface area contributed by atoms with Crippen molar-refractivity contribution in [3.8, 4) is 11.5 Å². The smallest absolute Gasteiger partial charge is 0.343 e. The quantitative estimate of drug-likeness (QED) is 0.0433. The first-order valence-electron chi connectivity index (χ1n) is 18.0. The summed E-state index contributed by atoms with van der Waals surface area (Å²) in [5, 5.41) is 17.1. The molecule has 0 aliphatic rings. The van der Waals surface area contributed by atoms with E-state index in [-0.39, 0.29) is 36.9 Å². The second kappa shape index (κ2) is 21.5. The predicted octanol–water partition coefficient (Wildman–Crippen LogP) is 6.34. The molecule has 0 bridgehead atoms. The van der Waals surface area contributed by atoms with Crippen LogP contribution in [-0.2, 0) is 32.1 Å². The number of hydrogen-bond donors (Lipinski definition) is 4. The summed E-state index contributed by atoms with van der Waals surface area (Å²) >= 11 is 0. The predicted molar refractivity (Wildman–Crippen MR) is 203 cm³/mol. The molecule has 0 fully saturated rings. The molecule has 0 spiro atoms. The Kier molecular flexibility index (Phi) is 16.2. The number of carboxylic acids is 1. The van der Waals surface area contributed by atoms with Gasteiger partial charge < -0.3 is 35.3 Å². The molecule has 54 heavy (non-hydrogen) atoms. The molecule has 0 heterocycles. The SMILES string of the molecule is CCCCCCCOc1ccc(C(=O)Oc2ccc(C[C@H](NC(=O)c3ccc(NC(=O)COCc4ccccc4)cc3)C(=O)N[C@@H](C)C(=O)O)cc2)cc1. The first-order valence-corrected chi connectivity index (χ1v) is 18.0. The molecule has 0 aliphatic carbocycles. The minimum absolute atomic E-state index is 0.00925. The van der Waals surface area contributed by atoms with Crippen LogP contribution in [0.15, 0.2) is 103 Å². The molecule has 0 saturated heterocycles. The molecule has 3 amide bonds. The van der Waals surface area contributed by atoms with E-state index in [0.29, 0.717) is 29.2 Å². The summed E-state index contributed by atoms with van der Waals surface area (Å²) in [6.45, 7) is 4.24. The number of anilines is 1. The zero-order valence-corrected chi connectivity index (χ0v) is 30.5. The van der Waals surface area contributed by atoms with E-state index in [2.05, 4.69) is 22.9 Å². The molecule has 4 rings (SSSR count). The Morgan fingerprint density at radius 1 is 0.704 bits per heavy atom. The van der Waals surface area contributed by atoms with Crippen LogP contribution in [0.3, 0.4) is 0 Å². The van der Waals surface area contributed by atoms with E-state index in [0.717, 1.165) is 18.4 Å². The minimum Gasteiger partial charge on any atom is -0.494 e. The fraction of sp³-hybridized carbons (Fsp3) is 0.310. The van der Waals surface area contributed by atoms with Gasteiger partial charge in [0, 0.05) is 17.7 Å². The molecule has 0 saturated carbocycles. The molecular formula is C42H47N3O9. The van der Waals surface area contributed by atoms with Gasteiger partial charge in [-0.3, -0.25) is 19.2 Å². The van der Waals surface area contributed by atoms with Crippen molar-refractivity contribution in [3.63, 3.8) is 0 Å². The molecule has 4 aromatic rings. The van der Waals surface area contributed by atoms with Crippen molar-refractivity contribution < 1.29 is 43.3 Å². The number of amides is 3. The molecule has 0 unspecified atom stereocenters. The van der Waals surface area contributed by atoms with Crippen molar-refractivity contribution >= 4 is 35.3 Å². The fourth-order valence-corrected chi connectivity index (χ4v) is 5.24. The van der Waals surface area contributed by atoms with Crippen LogP contribution in [0.25, 0.3) is 0 Å². The monoisotopic (exact) mass is 737 g/mol. The van der Waals surface area contributed by atoms with Gasteiger partial charge in [0.15, 0.2) is 0 Å². The van der Waals surface area contributed by atoms with Crippen molar-refractivity contribution in [1.82, 2.24) is 10.6 Å². The van der Waals surface area contributed by atoms with E-state index in [1.807, 2.05) is 30.3 Å². The summed E-state index contributed by atoms with van der Waals surface area (Å²) in [6.07, 6.45) is 5.70. The molecule has 12 heteroatoms. The Balaban J connectivity index is 1.31. The summed E-state index contributed by atoms with van der Waals surface area (Å²) < 4.78 is 16.8. The second-order valence-electron chi connectivity index (χ2n) is 12.7. The van der Waals surface area contributed by atoms with Gasteiger partial charge in [-0.25, -0.2) is 4.79 Å². The van der Waals surface area contributed by atoms with Gasteiger partial charge in [0.2, 0.25) is 11.8 Å². The Hall–Kier alpha value is -6.01. The Labute approximate surface area is 315 Å². The van der Waals surface area contributed by atoms with E-state index in [1.165, 1.54) is 38.3 Å². The van der Waals surface area contributed by atoms with Gasteiger partial charge in [-0.05, 0) is 85.1 Å². The lowest BCUT2D eigenvalue weighted by Crippen LogP contribution is -2.51. The van der Waals surface area contributed by atoms with Crippen LogP contribution in [0.5, 0.6) is 11.5 Å². The molecule has 284 valence electrons. The van der Waals surface area contributed by atoms with Gasteiger partial charge in [0.05, 0.1) is 18.8 Å². The molecular weight excluding hydrogens is 690 g/mol. The summed E-state index contributed by atoms with van der Waals surface area (Å²) in [5.74, 6) is -2.48. The number of benzene rings is 4. The van der Waals surface area contributed by atoms with Crippen molar-refractivity contribution in [3.05, 3.63) is 125 Å². The van der Waals surface area contributed by atoms with E-state index in [1.54, 1.807) is 60.7 Å². The topological polar surface area (TPSA) is 169 Å². The second-order valence-corrected chi connectivity index (χ2v) is 12.7. The molecule has 2 atom stereocenters. The van der Waals surface area contributed by atoms with Crippen LogP contribution >= 0.6 is 0 Å². The van der Waals surface area contributed by atoms with Gasteiger partial charge in [-0.2, -0.15) is 0 Å². The van der Waals surface area contributed by atoms with E-state index >= 15 is 0 Å². The maximum Gasteiger partial charge on any atom is 0.343 e. The number of rotatable bonds is 21. The van der Waals surface area contributed by atoms with E-state index in [9.17, 15) is 29.1 Å². The average molecular weight is 738 g/mol. The van der Waals surface area contributed by atoms with Gasteiger partial charge >= 0.3 is 11.9 Å². The third-order valence-electron chi connectivity index (χ3n) is 8.31. The Morgan fingerprint density at radius 2 is 1.35 bits per heavy atom. The van der Waals surface area contributed by atoms with Crippen molar-refractivity contribution in [1.29, 1.82) is 0 Å². The van der Waals surface area contributed by atoms with Crippen LogP contribution in [0.2, 0.25) is 0 Å². The number of aliphatic carboxylic acids is 1. The number of esters is 1. The summed E-state index contributed by atoms with van der Waals surface area (Å²) in [5.41, 5.74) is 2.56. The molecule has 0 radical (unpaired) electrons. The maximum atomic E-state index is 13.2. The summed E-state index contributed by atoms with van der Waals surface area (Å²) in [4.78, 5) is 62.9. The number of carbonyl (C=O) groups is 5. The highest BCUT2D eigenvalue weighted by Crippen LogP contribution is 2.19. The van der Waals surface area contributed by atoms with Crippen LogP contribution in [0.1, 0.15) is 77.8 Å². The zero-order chi connectivity index (χ0) is 38.7. The standard InChI is InChI=1S/C42H47N3O9/c1-3-4-5-6-10-25-53-35-23-17-33(18-24-35)42(51)54-36-21-13-30(14-22-36)26-37(40(48)43-29(2)41(49)50)45-39(47)32-15-19-34(20-16-32)44-38(46)28-52-27-31-11-8-7-9-12-31/h7-9,11-24,29,37H,3-6,10,25-28H2,1-2H3,(H,43,48)(H,44,46)(H,45,47)(H,49,50)/t29-,37-/m0/s1. The van der Waals surface area contributed by atoms with E-state index in [4.69, 9.17) is 14.2 Å². The Bertz CT molecular complexity index is 1810. The van der Waals surface area contributed by atoms with Gasteiger partial charge in [-0.1, -0.05) is 75.1 Å². The van der Waals surface area contributed by atoms with Crippen LogP contribution in [0, 0.1) is 0 Å². The normalized spacial score (nSPS) is 11.8. The third kappa shape index (κ3) is 13.8. The number of carbonyl (C=O) groups excluding carboxylic acids is 4. The van der Waals surface area contributed by atoms with Gasteiger partial charge in [0.25, 0.3) is 5.91 Å². The van der Waals surface area contributed by atoms with Gasteiger partial charge in [0.1, 0.15) is 30.2 Å². The number of unbranched alkanes of at least 4 members (excludes halogenated alkanes) is 4. The lowest BCUT2D eigenvalue weighted by atomic mass is 10.0. The van der Waals surface area contributed by atoms with E-state index < -0.39 is 35.8 Å². The average Bonchev–Trinajstić information content (AvgIpc) is 3.17. The van der Waals surface area contributed by atoms with Crippen LogP contribution in [0.4, 0.5) is 5.69 Å². The fourth-order valence-electron chi connectivity index (χ4n) is 5.24. The first kappa shape index (κ1) is 40.8. The molecule has 0 aromatic heterocycles. The van der Waals surface area contributed by atoms with Crippen molar-refractivity contribution in [2.45, 2.75) is 71.1 Å². The minimum atomic E-state index is -1.23. The lowest BCUT2D eigenvalue weighted by molar-refractivity contribution is -0.141. The Morgan fingerprint density at radius 3 is 2.02 bits per heavy atom. The number of nitrogens with one attached hydrogen (secondary N) is 3. The summed E-state index contributed by atoms with van der Waals surface area (Å²) in [6, 6.07) is 26.3. The molecule has 0 aliphatic heterocycles. The van der Waals surface area contributed by atoms with Crippen LogP contribution < -0.4 is 25.4 Å². The van der Waals surface area contributed by atoms with Crippen molar-refractivity contribution in [2.75, 3.05) is 18.5 Å². The maximum absolute atomic E-state index is 13.2. The largest absolute Gasteiger partial charge is 0.494 e. The zero-order valence-electron chi connectivity index (χ0n) is 30.5. The summed E-state index contributed by atoms with van der Waals surface area (Å²) in [7, 11) is 0. The molecule has 4 N–H and O–H groups in total. The molecule has 12 nitrogen and oxygen atoms in total. The molecule has 4 aromatic carbocycles.